The summed E-state index contributed by atoms with van der Waals surface area (Å²) in [6.45, 7) is 6.39. The number of hydrogen-bond acceptors (Lipinski definition) is 3. The van der Waals surface area contributed by atoms with Gasteiger partial charge in [0.1, 0.15) is 11.4 Å². The molecule has 0 unspecified atom stereocenters. The Morgan fingerprint density at radius 2 is 2.05 bits per heavy atom. The number of imidazole rings is 1. The van der Waals surface area contributed by atoms with E-state index in [-0.39, 0.29) is 11.2 Å². The highest BCUT2D eigenvalue weighted by Gasteiger charge is 2.15. The first kappa shape index (κ1) is 13.3. The third kappa shape index (κ3) is 3.02. The van der Waals surface area contributed by atoms with Gasteiger partial charge in [0.15, 0.2) is 5.82 Å². The molecular weight excluding hydrogens is 238 g/mol. The highest BCUT2D eigenvalue weighted by Crippen LogP contribution is 2.32. The predicted octanol–water partition coefficient (Wildman–Crippen LogP) is 3.17. The van der Waals surface area contributed by atoms with Crippen LogP contribution in [0.1, 0.15) is 32.2 Å². The number of phenolic OH excluding ortho intramolecular Hbond substituents is 1. The first-order chi connectivity index (χ1) is 8.88. The molecule has 2 aromatic rings. The molecular formula is C15H19N3O. The number of nitrogens with zero attached hydrogens (tertiary/aromatic N) is 3. The van der Waals surface area contributed by atoms with Crippen molar-refractivity contribution in [3.05, 3.63) is 42.0 Å². The molecule has 0 aliphatic carbocycles. The zero-order chi connectivity index (χ0) is 14.0. The van der Waals surface area contributed by atoms with Crippen LogP contribution < -0.4 is 0 Å². The van der Waals surface area contributed by atoms with Crippen LogP contribution >= 0.6 is 0 Å². The zero-order valence-electron chi connectivity index (χ0n) is 11.8. The van der Waals surface area contributed by atoms with Crippen LogP contribution in [0.2, 0.25) is 0 Å². The van der Waals surface area contributed by atoms with Gasteiger partial charge in [0.05, 0.1) is 6.21 Å². The summed E-state index contributed by atoms with van der Waals surface area (Å²) >= 11 is 0. The van der Waals surface area contributed by atoms with Gasteiger partial charge in [-0.15, -0.1) is 0 Å². The Morgan fingerprint density at radius 3 is 2.63 bits per heavy atom. The average Bonchev–Trinajstić information content (AvgIpc) is 2.72. The van der Waals surface area contributed by atoms with Crippen LogP contribution in [0.3, 0.4) is 0 Å². The normalized spacial score (nSPS) is 12.2. The minimum absolute atomic E-state index is 0.0290. The van der Waals surface area contributed by atoms with Crippen molar-refractivity contribution in [3.63, 3.8) is 0 Å². The molecule has 0 saturated carbocycles. The Hall–Kier alpha value is -2.10. The molecule has 0 atom stereocenters. The Kier molecular flexibility index (Phi) is 3.42. The number of rotatable bonds is 2. The molecule has 1 N–H and O–H groups in total. The maximum absolute atomic E-state index is 9.86. The fourth-order valence-electron chi connectivity index (χ4n) is 1.72. The van der Waals surface area contributed by atoms with Crippen molar-refractivity contribution in [2.24, 2.45) is 12.0 Å². The molecule has 0 radical (unpaired) electrons. The van der Waals surface area contributed by atoms with Gasteiger partial charge in [0.25, 0.3) is 0 Å². The second-order valence-electron chi connectivity index (χ2n) is 5.61. The Balaban J connectivity index is 2.35. The van der Waals surface area contributed by atoms with Crippen LogP contribution in [0.4, 0.5) is 5.69 Å². The zero-order valence-corrected chi connectivity index (χ0v) is 11.8. The molecule has 1 aromatic heterocycles. The predicted molar refractivity (Wildman–Crippen MR) is 77.3 cm³/mol. The standard InChI is InChI=1S/C15H19N3O/c1-15(2,3)11-5-6-13(19)12(9-11)17-10-14-16-7-8-18(14)4/h5-10,19H,1-4H3. The fraction of sp³-hybridized carbons (Fsp3) is 0.333. The molecule has 19 heavy (non-hydrogen) atoms. The lowest BCUT2D eigenvalue weighted by molar-refractivity contribution is 0.475. The van der Waals surface area contributed by atoms with E-state index < -0.39 is 0 Å². The van der Waals surface area contributed by atoms with Crippen LogP contribution in [-0.4, -0.2) is 20.9 Å². The molecule has 0 saturated heterocycles. The molecule has 1 heterocycles. The number of hydrogen-bond donors (Lipinski definition) is 1. The summed E-state index contributed by atoms with van der Waals surface area (Å²) in [6.07, 6.45) is 5.22. The van der Waals surface area contributed by atoms with Crippen molar-refractivity contribution in [2.45, 2.75) is 26.2 Å². The van der Waals surface area contributed by atoms with E-state index in [1.165, 1.54) is 0 Å². The summed E-state index contributed by atoms with van der Waals surface area (Å²) in [5.41, 5.74) is 1.73. The van der Waals surface area contributed by atoms with E-state index >= 15 is 0 Å². The summed E-state index contributed by atoms with van der Waals surface area (Å²) in [5.74, 6) is 0.930. The summed E-state index contributed by atoms with van der Waals surface area (Å²) in [7, 11) is 1.90. The molecule has 1 aromatic carbocycles. The second-order valence-corrected chi connectivity index (χ2v) is 5.61. The van der Waals surface area contributed by atoms with Gasteiger partial charge >= 0.3 is 0 Å². The summed E-state index contributed by atoms with van der Waals surface area (Å²) in [5, 5.41) is 9.86. The summed E-state index contributed by atoms with van der Waals surface area (Å²) in [6, 6.07) is 5.52. The van der Waals surface area contributed by atoms with E-state index in [1.54, 1.807) is 18.5 Å². The molecule has 0 bridgehead atoms. The first-order valence-corrected chi connectivity index (χ1v) is 6.23. The van der Waals surface area contributed by atoms with Crippen LogP contribution in [0, 0.1) is 0 Å². The monoisotopic (exact) mass is 257 g/mol. The largest absolute Gasteiger partial charge is 0.506 e. The minimum atomic E-state index is 0.0290. The third-order valence-electron chi connectivity index (χ3n) is 3.02. The van der Waals surface area contributed by atoms with E-state index in [2.05, 4.69) is 30.7 Å². The molecule has 0 aliphatic heterocycles. The molecule has 0 aliphatic rings. The molecule has 0 amide bonds. The van der Waals surface area contributed by atoms with Crippen molar-refractivity contribution in [3.8, 4) is 5.75 Å². The maximum atomic E-state index is 9.86. The van der Waals surface area contributed by atoms with Crippen molar-refractivity contribution < 1.29 is 5.11 Å². The summed E-state index contributed by atoms with van der Waals surface area (Å²) < 4.78 is 1.87. The van der Waals surface area contributed by atoms with Gasteiger partial charge in [0, 0.05) is 19.4 Å². The number of aliphatic imine (C=N–C) groups is 1. The van der Waals surface area contributed by atoms with Gasteiger partial charge < -0.3 is 9.67 Å². The molecule has 100 valence electrons. The molecule has 4 heteroatoms. The van der Waals surface area contributed by atoms with Gasteiger partial charge in [0.2, 0.25) is 0 Å². The Labute approximate surface area is 113 Å². The molecule has 4 nitrogen and oxygen atoms in total. The number of benzene rings is 1. The first-order valence-electron chi connectivity index (χ1n) is 6.23. The van der Waals surface area contributed by atoms with Crippen molar-refractivity contribution in [1.82, 2.24) is 9.55 Å². The van der Waals surface area contributed by atoms with E-state index in [4.69, 9.17) is 0 Å². The number of aromatic nitrogens is 2. The van der Waals surface area contributed by atoms with E-state index in [1.807, 2.05) is 29.9 Å². The molecule has 2 rings (SSSR count). The highest BCUT2D eigenvalue weighted by molar-refractivity contribution is 5.78. The van der Waals surface area contributed by atoms with Crippen molar-refractivity contribution >= 4 is 11.9 Å². The number of phenols is 1. The highest BCUT2D eigenvalue weighted by atomic mass is 16.3. The van der Waals surface area contributed by atoms with Crippen molar-refractivity contribution in [2.75, 3.05) is 0 Å². The maximum Gasteiger partial charge on any atom is 0.150 e. The van der Waals surface area contributed by atoms with E-state index in [9.17, 15) is 5.11 Å². The Morgan fingerprint density at radius 1 is 1.32 bits per heavy atom. The third-order valence-corrected chi connectivity index (χ3v) is 3.02. The van der Waals surface area contributed by atoms with Crippen molar-refractivity contribution in [1.29, 1.82) is 0 Å². The topological polar surface area (TPSA) is 50.4 Å². The lowest BCUT2D eigenvalue weighted by Gasteiger charge is -2.19. The van der Waals surface area contributed by atoms with Gasteiger partial charge in [-0.05, 0) is 23.1 Å². The van der Waals surface area contributed by atoms with Crippen LogP contribution in [-0.2, 0) is 12.5 Å². The lowest BCUT2D eigenvalue weighted by atomic mass is 9.87. The minimum Gasteiger partial charge on any atom is -0.506 e. The second kappa shape index (κ2) is 4.88. The fourth-order valence-corrected chi connectivity index (χ4v) is 1.72. The Bertz CT molecular complexity index is 606. The van der Waals surface area contributed by atoms with Gasteiger partial charge in [-0.2, -0.15) is 0 Å². The van der Waals surface area contributed by atoms with Crippen LogP contribution in [0.5, 0.6) is 5.75 Å². The molecule has 0 fully saturated rings. The number of aryl methyl sites for hydroxylation is 1. The smallest absolute Gasteiger partial charge is 0.150 e. The lowest BCUT2D eigenvalue weighted by Crippen LogP contribution is -2.10. The summed E-state index contributed by atoms with van der Waals surface area (Å²) in [4.78, 5) is 8.49. The van der Waals surface area contributed by atoms with E-state index in [0.717, 1.165) is 11.4 Å². The van der Waals surface area contributed by atoms with Gasteiger partial charge in [-0.25, -0.2) is 9.98 Å². The van der Waals surface area contributed by atoms with Crippen LogP contribution in [0.15, 0.2) is 35.6 Å². The average molecular weight is 257 g/mol. The van der Waals surface area contributed by atoms with Gasteiger partial charge in [-0.1, -0.05) is 26.8 Å². The quantitative estimate of drug-likeness (QED) is 0.840. The number of aromatic hydroxyl groups is 1. The molecule has 0 spiro atoms. The van der Waals surface area contributed by atoms with E-state index in [0.29, 0.717) is 5.69 Å². The van der Waals surface area contributed by atoms with Gasteiger partial charge in [-0.3, -0.25) is 0 Å². The van der Waals surface area contributed by atoms with Crippen LogP contribution in [0.25, 0.3) is 0 Å². The SMILES string of the molecule is Cn1ccnc1C=Nc1cc(C(C)(C)C)ccc1O.